The number of rotatable bonds is 8. The van der Waals surface area contributed by atoms with Crippen molar-refractivity contribution < 1.29 is 0 Å². The molecular weight excluding hydrogens is 484 g/mol. The van der Waals surface area contributed by atoms with E-state index in [0.29, 0.717) is 11.8 Å². The van der Waals surface area contributed by atoms with Gasteiger partial charge < -0.3 is 0 Å². The Bertz CT molecular complexity index is 1270. The molecule has 0 bridgehead atoms. The van der Waals surface area contributed by atoms with Gasteiger partial charge in [-0.2, -0.15) is 0 Å². The maximum absolute atomic E-state index is 5.07. The third-order valence-electron chi connectivity index (χ3n) is 10.5. The lowest BCUT2D eigenvalue weighted by molar-refractivity contribution is 0.196. The average molecular weight is 535 g/mol. The second kappa shape index (κ2) is 12.2. The standard InChI is InChI=1S/C38H50N2/c1-25(2)18-33-21-31(36-17-15-32-19-26(3)23-40-38(32)36)14-16-35(33)34-22-37(39-24-34)30-12-10-28(11-13-30)20-27(4)29-8-6-5-7-9-29/h14-17,19,21,23-25,27-30,38H,5-13,18,20,22H2,1-4H3. The molecule has 0 amide bonds. The normalized spacial score (nSPS) is 27.6. The van der Waals surface area contributed by atoms with Crippen molar-refractivity contribution in [3.8, 4) is 0 Å². The van der Waals surface area contributed by atoms with E-state index in [4.69, 9.17) is 9.98 Å². The van der Waals surface area contributed by atoms with Crippen LogP contribution in [0.4, 0.5) is 0 Å². The summed E-state index contributed by atoms with van der Waals surface area (Å²) < 4.78 is 0. The van der Waals surface area contributed by atoms with Crippen molar-refractivity contribution in [1.29, 1.82) is 0 Å². The number of hydrogen-bond acceptors (Lipinski definition) is 2. The topological polar surface area (TPSA) is 24.7 Å². The molecule has 0 N–H and O–H groups in total. The molecular formula is C38H50N2. The summed E-state index contributed by atoms with van der Waals surface area (Å²) in [6.07, 6.45) is 27.6. The first-order valence-corrected chi connectivity index (χ1v) is 16.5. The molecule has 0 aromatic heterocycles. The Morgan fingerprint density at radius 3 is 2.50 bits per heavy atom. The fourth-order valence-corrected chi connectivity index (χ4v) is 8.30. The number of hydrogen-bond donors (Lipinski definition) is 0. The number of benzene rings is 1. The lowest BCUT2D eigenvalue weighted by Gasteiger charge is -2.34. The molecule has 2 unspecified atom stereocenters. The Hall–Kier alpha value is -2.48. The molecule has 0 radical (unpaired) electrons. The molecule has 5 aliphatic rings. The Balaban J connectivity index is 1.08. The largest absolute Gasteiger partial charge is 0.280 e. The van der Waals surface area contributed by atoms with E-state index in [9.17, 15) is 0 Å². The molecule has 2 heteroatoms. The maximum Gasteiger partial charge on any atom is 0.100 e. The van der Waals surface area contributed by atoms with Crippen molar-refractivity contribution >= 4 is 23.1 Å². The van der Waals surface area contributed by atoms with Crippen LogP contribution in [0.15, 0.2) is 63.8 Å². The predicted octanol–water partition coefficient (Wildman–Crippen LogP) is 10.2. The lowest BCUT2D eigenvalue weighted by atomic mass is 9.72. The molecule has 2 fully saturated rings. The molecule has 6 rings (SSSR count). The molecule has 2 nitrogen and oxygen atoms in total. The zero-order chi connectivity index (χ0) is 27.6. The third-order valence-corrected chi connectivity index (χ3v) is 10.5. The van der Waals surface area contributed by atoms with Gasteiger partial charge in [0.25, 0.3) is 0 Å². The maximum atomic E-state index is 5.07. The summed E-state index contributed by atoms with van der Waals surface area (Å²) in [6.45, 7) is 9.35. The monoisotopic (exact) mass is 534 g/mol. The molecule has 3 aliphatic carbocycles. The number of dihydropyridines is 1. The smallest absolute Gasteiger partial charge is 0.100 e. The quantitative estimate of drug-likeness (QED) is 0.317. The van der Waals surface area contributed by atoms with Crippen LogP contribution in [0.5, 0.6) is 0 Å². The molecule has 2 aliphatic heterocycles. The summed E-state index contributed by atoms with van der Waals surface area (Å²) in [4.78, 5) is 9.93. The van der Waals surface area contributed by atoms with Gasteiger partial charge in [-0.3, -0.25) is 9.98 Å². The van der Waals surface area contributed by atoms with Gasteiger partial charge in [-0.15, -0.1) is 0 Å². The van der Waals surface area contributed by atoms with Gasteiger partial charge in [0.1, 0.15) is 6.04 Å². The lowest BCUT2D eigenvalue weighted by Crippen LogP contribution is -2.24. The van der Waals surface area contributed by atoms with Crippen LogP contribution in [-0.4, -0.2) is 18.0 Å². The van der Waals surface area contributed by atoms with Gasteiger partial charge in [-0.25, -0.2) is 0 Å². The summed E-state index contributed by atoms with van der Waals surface area (Å²) in [7, 11) is 0. The summed E-state index contributed by atoms with van der Waals surface area (Å²) in [6, 6.07) is 7.33. The van der Waals surface area contributed by atoms with Gasteiger partial charge >= 0.3 is 0 Å². The summed E-state index contributed by atoms with van der Waals surface area (Å²) in [5.41, 5.74) is 11.0. The van der Waals surface area contributed by atoms with Gasteiger partial charge in [0.2, 0.25) is 0 Å². The Morgan fingerprint density at radius 2 is 1.73 bits per heavy atom. The van der Waals surface area contributed by atoms with E-state index in [2.05, 4.69) is 70.3 Å². The van der Waals surface area contributed by atoms with Crippen molar-refractivity contribution in [2.24, 2.45) is 39.6 Å². The molecule has 2 atom stereocenters. The van der Waals surface area contributed by atoms with Crippen LogP contribution in [0, 0.1) is 29.6 Å². The van der Waals surface area contributed by atoms with Crippen molar-refractivity contribution in [2.45, 2.75) is 111 Å². The van der Waals surface area contributed by atoms with E-state index in [1.165, 1.54) is 109 Å². The summed E-state index contributed by atoms with van der Waals surface area (Å²) in [5, 5.41) is 0. The minimum Gasteiger partial charge on any atom is -0.280 e. The highest BCUT2D eigenvalue weighted by Gasteiger charge is 2.30. The first-order chi connectivity index (χ1) is 19.4. The van der Waals surface area contributed by atoms with Gasteiger partial charge in [-0.05, 0) is 114 Å². The van der Waals surface area contributed by atoms with Crippen LogP contribution in [0.3, 0.4) is 0 Å². The van der Waals surface area contributed by atoms with E-state index in [1.54, 1.807) is 0 Å². The Morgan fingerprint density at radius 1 is 0.925 bits per heavy atom. The predicted molar refractivity (Wildman–Crippen MR) is 173 cm³/mol. The minimum atomic E-state index is 0.155. The first-order valence-electron chi connectivity index (χ1n) is 16.5. The fourth-order valence-electron chi connectivity index (χ4n) is 8.30. The molecule has 212 valence electrons. The van der Waals surface area contributed by atoms with Crippen molar-refractivity contribution in [2.75, 3.05) is 0 Å². The van der Waals surface area contributed by atoms with E-state index < -0.39 is 0 Å². The summed E-state index contributed by atoms with van der Waals surface area (Å²) in [5.74, 6) is 4.18. The zero-order valence-corrected chi connectivity index (χ0v) is 25.5. The second-order valence-corrected chi connectivity index (χ2v) is 14.1. The number of aliphatic imine (C=N–C) groups is 2. The SMILES string of the molecule is CC1=CC2=CC=C(c3ccc(C4=CN=C(C5CCC(CC(C)C6CCCCC6)CC5)C4)c(CC(C)C)c3)C2N=C1. The fraction of sp³-hybridized carbons (Fsp3) is 0.579. The second-order valence-electron chi connectivity index (χ2n) is 14.1. The van der Waals surface area contributed by atoms with Gasteiger partial charge in [-0.1, -0.05) is 89.3 Å². The van der Waals surface area contributed by atoms with Crippen molar-refractivity contribution in [3.05, 3.63) is 70.5 Å². The highest BCUT2D eigenvalue weighted by atomic mass is 14.8. The minimum absolute atomic E-state index is 0.155. The van der Waals surface area contributed by atoms with Crippen LogP contribution in [0.2, 0.25) is 0 Å². The highest BCUT2D eigenvalue weighted by Crippen LogP contribution is 2.41. The molecule has 2 heterocycles. The first kappa shape index (κ1) is 27.7. The molecule has 0 spiro atoms. The Labute approximate surface area is 243 Å². The molecule has 0 saturated heterocycles. The average Bonchev–Trinajstić information content (AvgIpc) is 3.61. The van der Waals surface area contributed by atoms with Gasteiger partial charge in [0.05, 0.1) is 0 Å². The molecule has 2 saturated carbocycles. The van der Waals surface area contributed by atoms with Gasteiger partial charge in [0, 0.05) is 24.5 Å². The highest BCUT2D eigenvalue weighted by molar-refractivity contribution is 6.00. The van der Waals surface area contributed by atoms with Crippen LogP contribution >= 0.6 is 0 Å². The van der Waals surface area contributed by atoms with Crippen molar-refractivity contribution in [1.82, 2.24) is 0 Å². The van der Waals surface area contributed by atoms with Crippen LogP contribution in [0.25, 0.3) is 11.1 Å². The zero-order valence-electron chi connectivity index (χ0n) is 25.5. The van der Waals surface area contributed by atoms with Gasteiger partial charge in [0.15, 0.2) is 0 Å². The van der Waals surface area contributed by atoms with E-state index >= 15 is 0 Å². The Kier molecular flexibility index (Phi) is 8.42. The van der Waals surface area contributed by atoms with Crippen LogP contribution in [0.1, 0.15) is 115 Å². The number of nitrogens with zero attached hydrogens (tertiary/aromatic N) is 2. The van der Waals surface area contributed by atoms with Crippen molar-refractivity contribution in [3.63, 3.8) is 0 Å². The van der Waals surface area contributed by atoms with Crippen LogP contribution in [-0.2, 0) is 6.42 Å². The van der Waals surface area contributed by atoms with Crippen LogP contribution < -0.4 is 0 Å². The molecule has 1 aromatic carbocycles. The molecule has 1 aromatic rings. The molecule has 40 heavy (non-hydrogen) atoms. The van der Waals surface area contributed by atoms with E-state index in [0.717, 1.165) is 30.6 Å². The van der Waals surface area contributed by atoms with E-state index in [-0.39, 0.29) is 6.04 Å². The number of allylic oxidation sites excluding steroid dienone is 4. The number of fused-ring (bicyclic) bond motifs is 1. The van der Waals surface area contributed by atoms with E-state index in [1.807, 2.05) is 6.21 Å². The third kappa shape index (κ3) is 6.07. The summed E-state index contributed by atoms with van der Waals surface area (Å²) >= 11 is 0.